The summed E-state index contributed by atoms with van der Waals surface area (Å²) in [4.78, 5) is 21.3. The number of hydrogen-bond acceptors (Lipinski definition) is 5. The van der Waals surface area contributed by atoms with Gasteiger partial charge in [0.1, 0.15) is 10.6 Å². The van der Waals surface area contributed by atoms with Gasteiger partial charge in [0.15, 0.2) is 0 Å². The Kier molecular flexibility index (Phi) is 9.42. The Morgan fingerprint density at radius 3 is 2.37 bits per heavy atom. The standard InChI is InChI=1S/C30H31ClN2O2S.CH5N/c1-19-15-22(16-20(2)32-19)21-13-14-26(35-3)23(17-21)18-33(24-9-5-4-6-10-24)30(34)29-28(31)25-11-7-8-12-27(25)36-29;1-2/h7-8,11-17,24H,4-6,9-10,18H2,1-3H3;2H2,1H3. The van der Waals surface area contributed by atoms with Crippen molar-refractivity contribution in [1.82, 2.24) is 9.88 Å². The first-order valence-electron chi connectivity index (χ1n) is 13.1. The number of benzene rings is 2. The van der Waals surface area contributed by atoms with Gasteiger partial charge in [-0.05, 0) is 75.2 Å². The summed E-state index contributed by atoms with van der Waals surface area (Å²) in [6, 6.07) is 18.6. The third-order valence-corrected chi connectivity index (χ3v) is 8.70. The van der Waals surface area contributed by atoms with Crippen molar-refractivity contribution < 1.29 is 9.53 Å². The number of pyridine rings is 1. The van der Waals surface area contributed by atoms with Gasteiger partial charge in [0.05, 0.1) is 12.1 Å². The first-order valence-corrected chi connectivity index (χ1v) is 14.3. The SMILES string of the molecule is CN.COc1ccc(-c2cc(C)nc(C)c2)cc1CN(C(=O)c1sc2ccccc2c1Cl)C1CCCCC1. The van der Waals surface area contributed by atoms with Crippen LogP contribution in [-0.4, -0.2) is 36.0 Å². The molecule has 1 amide bonds. The summed E-state index contributed by atoms with van der Waals surface area (Å²) >= 11 is 8.25. The second kappa shape index (κ2) is 12.7. The van der Waals surface area contributed by atoms with Crippen LogP contribution >= 0.6 is 22.9 Å². The zero-order valence-electron chi connectivity index (χ0n) is 22.6. The molecule has 2 aromatic heterocycles. The number of aromatic nitrogens is 1. The molecule has 1 aliphatic rings. The number of aryl methyl sites for hydroxylation is 2. The minimum atomic E-state index is 0.0103. The van der Waals surface area contributed by atoms with Crippen molar-refractivity contribution in [3.05, 3.63) is 81.4 Å². The maximum Gasteiger partial charge on any atom is 0.266 e. The molecule has 0 atom stereocenters. The molecule has 4 aromatic rings. The van der Waals surface area contributed by atoms with Gasteiger partial charge in [0, 0.05) is 39.6 Å². The fraction of sp³-hybridized carbons (Fsp3) is 0.355. The number of hydrogen-bond donors (Lipinski definition) is 1. The van der Waals surface area contributed by atoms with E-state index in [9.17, 15) is 4.79 Å². The van der Waals surface area contributed by atoms with Gasteiger partial charge in [-0.3, -0.25) is 9.78 Å². The van der Waals surface area contributed by atoms with Crippen LogP contribution in [0.3, 0.4) is 0 Å². The van der Waals surface area contributed by atoms with Crippen molar-refractivity contribution in [3.8, 4) is 16.9 Å². The fourth-order valence-corrected chi connectivity index (χ4v) is 6.78. The van der Waals surface area contributed by atoms with E-state index in [0.29, 0.717) is 16.4 Å². The summed E-state index contributed by atoms with van der Waals surface area (Å²) in [5.41, 5.74) is 9.68. The number of carbonyl (C=O) groups is 1. The van der Waals surface area contributed by atoms with E-state index in [-0.39, 0.29) is 11.9 Å². The van der Waals surface area contributed by atoms with E-state index in [1.54, 1.807) is 7.11 Å². The van der Waals surface area contributed by atoms with Crippen LogP contribution in [0.4, 0.5) is 0 Å². The Hall–Kier alpha value is -2.93. The summed E-state index contributed by atoms with van der Waals surface area (Å²) in [6.07, 6.45) is 5.53. The number of fused-ring (bicyclic) bond motifs is 1. The topological polar surface area (TPSA) is 68.5 Å². The lowest BCUT2D eigenvalue weighted by molar-refractivity contribution is 0.0618. The largest absolute Gasteiger partial charge is 0.496 e. The molecule has 0 saturated heterocycles. The van der Waals surface area contributed by atoms with Gasteiger partial charge in [-0.2, -0.15) is 0 Å². The second-order valence-electron chi connectivity index (χ2n) is 9.63. The quantitative estimate of drug-likeness (QED) is 0.266. The highest BCUT2D eigenvalue weighted by molar-refractivity contribution is 7.21. The van der Waals surface area contributed by atoms with Crippen LogP contribution in [0.25, 0.3) is 21.2 Å². The lowest BCUT2D eigenvalue weighted by Gasteiger charge is -2.34. The van der Waals surface area contributed by atoms with E-state index in [0.717, 1.165) is 69.6 Å². The number of amides is 1. The highest BCUT2D eigenvalue weighted by Gasteiger charge is 2.30. The minimum absolute atomic E-state index is 0.0103. The molecule has 1 fully saturated rings. The minimum Gasteiger partial charge on any atom is -0.496 e. The van der Waals surface area contributed by atoms with E-state index in [1.807, 2.05) is 49.1 Å². The van der Waals surface area contributed by atoms with Crippen molar-refractivity contribution in [2.75, 3.05) is 14.2 Å². The van der Waals surface area contributed by atoms with E-state index in [4.69, 9.17) is 16.3 Å². The van der Waals surface area contributed by atoms with Gasteiger partial charge in [-0.1, -0.05) is 55.1 Å². The highest BCUT2D eigenvalue weighted by atomic mass is 35.5. The highest BCUT2D eigenvalue weighted by Crippen LogP contribution is 2.38. The normalized spacial score (nSPS) is 13.6. The second-order valence-corrected chi connectivity index (χ2v) is 11.1. The van der Waals surface area contributed by atoms with Gasteiger partial charge in [-0.15, -0.1) is 11.3 Å². The van der Waals surface area contributed by atoms with Crippen LogP contribution in [0, 0.1) is 13.8 Å². The number of methoxy groups -OCH3 is 1. The number of thiophene rings is 1. The molecule has 2 aromatic carbocycles. The zero-order chi connectivity index (χ0) is 27.2. The van der Waals surface area contributed by atoms with Gasteiger partial charge >= 0.3 is 0 Å². The van der Waals surface area contributed by atoms with Crippen molar-refractivity contribution in [2.45, 2.75) is 58.5 Å². The third-order valence-electron chi connectivity index (χ3n) is 7.04. The number of carbonyl (C=O) groups excluding carboxylic acids is 1. The molecule has 0 bridgehead atoms. The molecule has 0 spiro atoms. The lowest BCUT2D eigenvalue weighted by Crippen LogP contribution is -2.40. The molecule has 1 saturated carbocycles. The summed E-state index contributed by atoms with van der Waals surface area (Å²) in [7, 11) is 3.19. The summed E-state index contributed by atoms with van der Waals surface area (Å²) in [6.45, 7) is 4.51. The Bertz CT molecular complexity index is 1390. The van der Waals surface area contributed by atoms with Crippen LogP contribution in [0.1, 0.15) is 58.7 Å². The molecule has 200 valence electrons. The Morgan fingerprint density at radius 2 is 1.71 bits per heavy atom. The molecule has 2 N–H and O–H groups in total. The van der Waals surface area contributed by atoms with E-state index >= 15 is 0 Å². The van der Waals surface area contributed by atoms with Crippen molar-refractivity contribution in [2.24, 2.45) is 5.73 Å². The first-order chi connectivity index (χ1) is 18.4. The van der Waals surface area contributed by atoms with Crippen molar-refractivity contribution in [3.63, 3.8) is 0 Å². The van der Waals surface area contributed by atoms with Crippen LogP contribution in [-0.2, 0) is 6.54 Å². The number of rotatable bonds is 6. The summed E-state index contributed by atoms with van der Waals surface area (Å²) < 4.78 is 6.79. The molecule has 5 nitrogen and oxygen atoms in total. The summed E-state index contributed by atoms with van der Waals surface area (Å²) in [5.74, 6) is 0.799. The Balaban J connectivity index is 0.00000164. The Morgan fingerprint density at radius 1 is 1.03 bits per heavy atom. The smallest absolute Gasteiger partial charge is 0.266 e. The van der Waals surface area contributed by atoms with Gasteiger partial charge in [0.25, 0.3) is 5.91 Å². The van der Waals surface area contributed by atoms with Gasteiger partial charge in [-0.25, -0.2) is 0 Å². The maximum atomic E-state index is 14.1. The summed E-state index contributed by atoms with van der Waals surface area (Å²) in [5, 5.41) is 1.50. The molecule has 5 rings (SSSR count). The predicted octanol–water partition coefficient (Wildman–Crippen LogP) is 7.79. The number of halogens is 1. The third kappa shape index (κ3) is 6.04. The van der Waals surface area contributed by atoms with E-state index < -0.39 is 0 Å². The molecule has 1 aliphatic carbocycles. The van der Waals surface area contributed by atoms with Crippen LogP contribution in [0.5, 0.6) is 5.75 Å². The molecule has 0 radical (unpaired) electrons. The number of nitrogens with two attached hydrogens (primary N) is 1. The molecular weight excluding hydrogens is 514 g/mol. The molecule has 0 aliphatic heterocycles. The van der Waals surface area contributed by atoms with Crippen LogP contribution < -0.4 is 10.5 Å². The van der Waals surface area contributed by atoms with Gasteiger partial charge in [0.2, 0.25) is 0 Å². The van der Waals surface area contributed by atoms with Crippen LogP contribution in [0.2, 0.25) is 5.02 Å². The zero-order valence-corrected chi connectivity index (χ0v) is 24.2. The van der Waals surface area contributed by atoms with Gasteiger partial charge < -0.3 is 15.4 Å². The lowest BCUT2D eigenvalue weighted by atomic mass is 9.93. The number of ether oxygens (including phenoxy) is 1. The Labute approximate surface area is 234 Å². The monoisotopic (exact) mass is 549 g/mol. The van der Waals surface area contributed by atoms with E-state index in [1.165, 1.54) is 24.8 Å². The van der Waals surface area contributed by atoms with Crippen LogP contribution in [0.15, 0.2) is 54.6 Å². The molecule has 7 heteroatoms. The average Bonchev–Trinajstić information content (AvgIpc) is 3.28. The van der Waals surface area contributed by atoms with Crippen molar-refractivity contribution in [1.29, 1.82) is 0 Å². The molecular formula is C31H36ClN3O2S. The predicted molar refractivity (Wildman–Crippen MR) is 159 cm³/mol. The average molecular weight is 550 g/mol. The maximum absolute atomic E-state index is 14.1. The molecule has 0 unspecified atom stereocenters. The van der Waals surface area contributed by atoms with E-state index in [2.05, 4.69) is 35.0 Å². The molecule has 2 heterocycles. The fourth-order valence-electron chi connectivity index (χ4n) is 5.31. The molecule has 38 heavy (non-hydrogen) atoms. The number of nitrogens with zero attached hydrogens (tertiary/aromatic N) is 2. The first kappa shape index (κ1) is 28.1. The van der Waals surface area contributed by atoms with Crippen molar-refractivity contribution >= 4 is 38.9 Å².